The van der Waals surface area contributed by atoms with E-state index in [1.54, 1.807) is 0 Å². The maximum Gasteiger partial charge on any atom is 0.00129 e. The van der Waals surface area contributed by atoms with Gasteiger partial charge in [-0.25, -0.2) is 0 Å². The van der Waals surface area contributed by atoms with Gasteiger partial charge in [-0.2, -0.15) is 0 Å². The van der Waals surface area contributed by atoms with Gasteiger partial charge in [0.05, 0.1) is 0 Å². The van der Waals surface area contributed by atoms with Crippen LogP contribution >= 0.6 is 0 Å². The molecule has 1 heteroatoms. The van der Waals surface area contributed by atoms with Gasteiger partial charge in [-0.15, -0.1) is 0 Å². The van der Waals surface area contributed by atoms with Gasteiger partial charge in [-0.3, -0.25) is 0 Å². The van der Waals surface area contributed by atoms with Crippen molar-refractivity contribution in [1.82, 2.24) is 5.32 Å². The van der Waals surface area contributed by atoms with Crippen molar-refractivity contribution >= 4 is 0 Å². The molecule has 0 aromatic carbocycles. The Hall–Kier alpha value is -0.0400. The molecule has 70 valence electrons. The lowest BCUT2D eigenvalue weighted by atomic mass is 9.64. The van der Waals surface area contributed by atoms with Gasteiger partial charge in [0, 0.05) is 6.54 Å². The molecule has 12 heavy (non-hydrogen) atoms. The van der Waals surface area contributed by atoms with Crippen LogP contribution in [0.1, 0.15) is 46.0 Å². The van der Waals surface area contributed by atoms with Crippen LogP contribution in [0, 0.1) is 10.8 Å². The normalized spacial score (nSPS) is 40.5. The lowest BCUT2D eigenvalue weighted by molar-refractivity contribution is 0.0742. The van der Waals surface area contributed by atoms with E-state index in [-0.39, 0.29) is 0 Å². The van der Waals surface area contributed by atoms with Crippen molar-refractivity contribution in [3.8, 4) is 0 Å². The molecule has 1 aliphatic carbocycles. The highest BCUT2D eigenvalue weighted by Gasteiger charge is 2.48. The summed E-state index contributed by atoms with van der Waals surface area (Å²) in [6, 6.07) is 0. The Morgan fingerprint density at radius 3 is 2.25 bits per heavy atom. The molecule has 1 spiro atoms. The smallest absolute Gasteiger partial charge is 0.00129 e. The Morgan fingerprint density at radius 2 is 1.75 bits per heavy atom. The Kier molecular flexibility index (Phi) is 1.95. The predicted octanol–water partition coefficient (Wildman–Crippen LogP) is 2.57. The average Bonchev–Trinajstić information content (AvgIpc) is 2.30. The molecule has 1 N–H and O–H groups in total. The first-order valence-electron chi connectivity index (χ1n) is 5.37. The molecule has 1 saturated carbocycles. The maximum atomic E-state index is 3.57. The summed E-state index contributed by atoms with van der Waals surface area (Å²) in [4.78, 5) is 0. The second kappa shape index (κ2) is 2.73. The fraction of sp³-hybridized carbons (Fsp3) is 1.00. The molecule has 0 amide bonds. The molecule has 0 radical (unpaired) electrons. The third kappa shape index (κ3) is 1.10. The first-order valence-corrected chi connectivity index (χ1v) is 5.37. The van der Waals surface area contributed by atoms with E-state index in [1.165, 1.54) is 45.2 Å². The standard InChI is InChI=1S/C11H21N/c1-10(2)5-3-6-11(10)7-4-8-12-9-11/h12H,3-9H2,1-2H3. The lowest BCUT2D eigenvalue weighted by Gasteiger charge is -2.45. The molecule has 1 saturated heterocycles. The fourth-order valence-corrected chi connectivity index (χ4v) is 3.23. The lowest BCUT2D eigenvalue weighted by Crippen LogP contribution is -2.46. The molecule has 2 aliphatic rings. The predicted molar refractivity (Wildman–Crippen MR) is 52.2 cm³/mol. The second-order valence-corrected chi connectivity index (χ2v) is 5.30. The maximum absolute atomic E-state index is 3.57. The number of piperidine rings is 1. The van der Waals surface area contributed by atoms with Crippen LogP contribution in [0.25, 0.3) is 0 Å². The molecule has 2 rings (SSSR count). The van der Waals surface area contributed by atoms with Gasteiger partial charge in [-0.05, 0) is 43.1 Å². The van der Waals surface area contributed by atoms with Crippen molar-refractivity contribution in [2.45, 2.75) is 46.0 Å². The quantitative estimate of drug-likeness (QED) is 0.584. The van der Waals surface area contributed by atoms with Crippen LogP contribution in [0.15, 0.2) is 0 Å². The SMILES string of the molecule is CC1(C)CCCC12CCCNC2. The summed E-state index contributed by atoms with van der Waals surface area (Å²) in [5.41, 5.74) is 1.26. The molecule has 1 unspecified atom stereocenters. The van der Waals surface area contributed by atoms with E-state index < -0.39 is 0 Å². The Morgan fingerprint density at radius 1 is 1.00 bits per heavy atom. The monoisotopic (exact) mass is 167 g/mol. The highest BCUT2D eigenvalue weighted by atomic mass is 14.9. The van der Waals surface area contributed by atoms with Crippen LogP contribution in [-0.2, 0) is 0 Å². The van der Waals surface area contributed by atoms with Gasteiger partial charge in [0.25, 0.3) is 0 Å². The number of hydrogen-bond donors (Lipinski definition) is 1. The first kappa shape index (κ1) is 8.55. The first-order chi connectivity index (χ1) is 5.66. The van der Waals surface area contributed by atoms with E-state index in [9.17, 15) is 0 Å². The molecular weight excluding hydrogens is 146 g/mol. The van der Waals surface area contributed by atoms with E-state index in [2.05, 4.69) is 19.2 Å². The van der Waals surface area contributed by atoms with Gasteiger partial charge in [0.2, 0.25) is 0 Å². The van der Waals surface area contributed by atoms with E-state index in [0.29, 0.717) is 10.8 Å². The Labute approximate surface area is 75.9 Å². The Balaban J connectivity index is 2.17. The fourth-order valence-electron chi connectivity index (χ4n) is 3.23. The molecular formula is C11H21N. The van der Waals surface area contributed by atoms with Crippen LogP contribution in [0.5, 0.6) is 0 Å². The van der Waals surface area contributed by atoms with Crippen LogP contribution in [0.3, 0.4) is 0 Å². The van der Waals surface area contributed by atoms with Crippen molar-refractivity contribution in [1.29, 1.82) is 0 Å². The molecule has 1 atom stereocenters. The van der Waals surface area contributed by atoms with Crippen molar-refractivity contribution < 1.29 is 0 Å². The van der Waals surface area contributed by atoms with E-state index in [4.69, 9.17) is 0 Å². The number of rotatable bonds is 0. The van der Waals surface area contributed by atoms with Gasteiger partial charge >= 0.3 is 0 Å². The highest BCUT2D eigenvalue weighted by molar-refractivity contribution is 5.00. The van der Waals surface area contributed by atoms with Crippen LogP contribution in [0.4, 0.5) is 0 Å². The zero-order chi connectivity index (χ0) is 8.66. The van der Waals surface area contributed by atoms with Gasteiger partial charge in [0.15, 0.2) is 0 Å². The largest absolute Gasteiger partial charge is 0.316 e. The minimum Gasteiger partial charge on any atom is -0.316 e. The Bertz CT molecular complexity index is 166. The average molecular weight is 167 g/mol. The molecule has 0 aromatic heterocycles. The van der Waals surface area contributed by atoms with Crippen LogP contribution in [-0.4, -0.2) is 13.1 Å². The molecule has 1 aliphatic heterocycles. The zero-order valence-corrected chi connectivity index (χ0v) is 8.45. The third-order valence-corrected chi connectivity index (χ3v) is 4.37. The van der Waals surface area contributed by atoms with Gasteiger partial charge in [-0.1, -0.05) is 20.3 Å². The van der Waals surface area contributed by atoms with Crippen LogP contribution in [0.2, 0.25) is 0 Å². The topological polar surface area (TPSA) is 12.0 Å². The molecule has 0 bridgehead atoms. The molecule has 1 nitrogen and oxygen atoms in total. The van der Waals surface area contributed by atoms with E-state index in [1.807, 2.05) is 0 Å². The number of hydrogen-bond acceptors (Lipinski definition) is 1. The third-order valence-electron chi connectivity index (χ3n) is 4.37. The summed E-state index contributed by atoms with van der Waals surface area (Å²) in [5, 5.41) is 3.57. The summed E-state index contributed by atoms with van der Waals surface area (Å²) in [7, 11) is 0. The summed E-state index contributed by atoms with van der Waals surface area (Å²) >= 11 is 0. The summed E-state index contributed by atoms with van der Waals surface area (Å²) in [5.74, 6) is 0. The van der Waals surface area contributed by atoms with E-state index >= 15 is 0 Å². The zero-order valence-electron chi connectivity index (χ0n) is 8.45. The highest BCUT2D eigenvalue weighted by Crippen LogP contribution is 2.55. The summed E-state index contributed by atoms with van der Waals surface area (Å²) in [6.07, 6.45) is 7.22. The number of nitrogens with one attached hydrogen (secondary N) is 1. The van der Waals surface area contributed by atoms with Crippen molar-refractivity contribution in [2.75, 3.05) is 13.1 Å². The second-order valence-electron chi connectivity index (χ2n) is 5.30. The molecule has 0 aromatic rings. The minimum atomic E-state index is 0.598. The molecule has 1 heterocycles. The summed E-state index contributed by atoms with van der Waals surface area (Å²) in [6.45, 7) is 7.46. The summed E-state index contributed by atoms with van der Waals surface area (Å²) < 4.78 is 0. The van der Waals surface area contributed by atoms with Crippen molar-refractivity contribution in [2.24, 2.45) is 10.8 Å². The molecule has 2 fully saturated rings. The van der Waals surface area contributed by atoms with Crippen LogP contribution < -0.4 is 5.32 Å². The van der Waals surface area contributed by atoms with E-state index in [0.717, 1.165) is 0 Å². The van der Waals surface area contributed by atoms with Crippen molar-refractivity contribution in [3.63, 3.8) is 0 Å². The minimum absolute atomic E-state index is 0.598. The van der Waals surface area contributed by atoms with Gasteiger partial charge < -0.3 is 5.32 Å². The van der Waals surface area contributed by atoms with Gasteiger partial charge in [0.1, 0.15) is 0 Å². The van der Waals surface area contributed by atoms with Crippen molar-refractivity contribution in [3.05, 3.63) is 0 Å².